The first-order valence-corrected chi connectivity index (χ1v) is 13.1. The Labute approximate surface area is 232 Å². The Morgan fingerprint density at radius 1 is 1.12 bits per heavy atom. The molecule has 3 fully saturated rings. The van der Waals surface area contributed by atoms with Crippen molar-refractivity contribution in [1.29, 1.82) is 5.26 Å². The summed E-state index contributed by atoms with van der Waals surface area (Å²) >= 11 is 0. The van der Waals surface area contributed by atoms with E-state index in [4.69, 9.17) is 4.74 Å². The van der Waals surface area contributed by atoms with E-state index in [0.29, 0.717) is 0 Å². The number of nitriles is 1. The van der Waals surface area contributed by atoms with Crippen molar-refractivity contribution < 1.29 is 36.7 Å². The number of likely N-dealkylation sites (tertiary alicyclic amines) is 1. The number of nitrogens with one attached hydrogen (secondary N) is 2. The Balaban J connectivity index is 1.26. The van der Waals surface area contributed by atoms with Crippen molar-refractivity contribution in [1.82, 2.24) is 25.4 Å². The van der Waals surface area contributed by atoms with Crippen molar-refractivity contribution in [3.63, 3.8) is 0 Å². The number of carbonyl (C=O) groups excluding carboxylic acids is 3. The molecule has 3 aliphatic rings. The molecular weight excluding hydrogens is 550 g/mol. The average molecular weight is 580 g/mol. The van der Waals surface area contributed by atoms with E-state index in [2.05, 4.69) is 16.0 Å². The van der Waals surface area contributed by atoms with Gasteiger partial charge in [-0.25, -0.2) is 13.7 Å². The number of alkyl halides is 3. The topological polar surface area (TPSA) is 132 Å². The van der Waals surface area contributed by atoms with Gasteiger partial charge in [-0.2, -0.15) is 23.5 Å². The van der Waals surface area contributed by atoms with Gasteiger partial charge in [-0.15, -0.1) is 0 Å². The Kier molecular flexibility index (Phi) is 6.58. The summed E-state index contributed by atoms with van der Waals surface area (Å²) in [6.07, 6.45) is -4.28. The van der Waals surface area contributed by atoms with Crippen LogP contribution >= 0.6 is 0 Å². The van der Waals surface area contributed by atoms with Gasteiger partial charge in [0.1, 0.15) is 28.3 Å². The fraction of sp³-hybridized carbons (Fsp3) is 0.577. The summed E-state index contributed by atoms with van der Waals surface area (Å²) in [5.41, 5.74) is -0.599. The summed E-state index contributed by atoms with van der Waals surface area (Å²) in [5.74, 6) is -2.94. The highest BCUT2D eigenvalue weighted by molar-refractivity contribution is 5.92. The number of ether oxygens (including phenoxy) is 1. The lowest BCUT2D eigenvalue weighted by atomic mass is 9.95. The van der Waals surface area contributed by atoms with Gasteiger partial charge in [0.05, 0.1) is 17.3 Å². The first-order chi connectivity index (χ1) is 19.1. The molecule has 3 amide bonds. The number of halogens is 4. The maximum atomic E-state index is 14.6. The van der Waals surface area contributed by atoms with Crippen molar-refractivity contribution in [2.45, 2.75) is 51.8 Å². The van der Waals surface area contributed by atoms with Crippen molar-refractivity contribution >= 4 is 29.1 Å². The number of hydrogen-bond donors (Lipinski definition) is 2. The van der Waals surface area contributed by atoms with E-state index in [1.54, 1.807) is 20.8 Å². The van der Waals surface area contributed by atoms with E-state index in [1.165, 1.54) is 21.9 Å². The largest absolute Gasteiger partial charge is 0.444 e. The first-order valence-electron chi connectivity index (χ1n) is 13.1. The molecule has 41 heavy (non-hydrogen) atoms. The van der Waals surface area contributed by atoms with E-state index in [9.17, 15) is 37.2 Å². The van der Waals surface area contributed by atoms with Gasteiger partial charge < -0.3 is 14.5 Å². The minimum absolute atomic E-state index is 0.00497. The zero-order valence-electron chi connectivity index (χ0n) is 22.6. The highest BCUT2D eigenvalue weighted by Crippen LogP contribution is 2.75. The standard InChI is InChI=1S/C26H29F4N7O4/c1-23(2,3)41-22(40)35-8-6-15(7-9-35)20(38)33-34-21(39)24-12-25(24,26(28,29)30)14-36(13-24)18-5-4-16(10-31)37-19(18)17(27)11-32-37/h4-5,11,15H,6-9,12-14H2,1-3H3,(H,33,38)(H,34,39)/t24-,25-/m0/s1. The van der Waals surface area contributed by atoms with Crippen molar-refractivity contribution in [2.75, 3.05) is 31.1 Å². The zero-order valence-corrected chi connectivity index (χ0v) is 22.6. The summed E-state index contributed by atoms with van der Waals surface area (Å²) in [4.78, 5) is 41.0. The predicted octanol–water partition coefficient (Wildman–Crippen LogP) is 2.90. The molecule has 220 valence electrons. The smallest absolute Gasteiger partial charge is 0.410 e. The normalized spacial score (nSPS) is 24.5. The summed E-state index contributed by atoms with van der Waals surface area (Å²) in [6.45, 7) is 4.74. The number of anilines is 1. The number of carbonyl (C=O) groups is 3. The van der Waals surface area contributed by atoms with Crippen LogP contribution in [0.3, 0.4) is 0 Å². The molecule has 2 aliphatic heterocycles. The summed E-state index contributed by atoms with van der Waals surface area (Å²) in [5, 5.41) is 13.1. The molecule has 2 aromatic rings. The second-order valence-corrected chi connectivity index (χ2v) is 11.8. The molecule has 0 aromatic carbocycles. The van der Waals surface area contributed by atoms with Crippen molar-refractivity contribution in [2.24, 2.45) is 16.7 Å². The molecule has 2 saturated heterocycles. The van der Waals surface area contributed by atoms with Crippen LogP contribution in [-0.2, 0) is 14.3 Å². The molecule has 1 saturated carbocycles. The summed E-state index contributed by atoms with van der Waals surface area (Å²) in [6, 6.07) is 4.51. The van der Waals surface area contributed by atoms with Crippen LogP contribution in [0.1, 0.15) is 45.7 Å². The average Bonchev–Trinajstić information content (AvgIpc) is 3.21. The molecule has 2 aromatic heterocycles. The molecule has 15 heteroatoms. The Bertz CT molecular complexity index is 1450. The van der Waals surface area contributed by atoms with E-state index >= 15 is 0 Å². The van der Waals surface area contributed by atoms with Crippen molar-refractivity contribution in [3.05, 3.63) is 29.8 Å². The molecule has 2 atom stereocenters. The van der Waals surface area contributed by atoms with Gasteiger partial charge in [0, 0.05) is 32.1 Å². The second kappa shape index (κ2) is 9.49. The van der Waals surface area contributed by atoms with Crippen LogP contribution in [-0.4, -0.2) is 70.4 Å². The lowest BCUT2D eigenvalue weighted by Gasteiger charge is -2.33. The van der Waals surface area contributed by atoms with Gasteiger partial charge in [0.15, 0.2) is 5.82 Å². The fourth-order valence-corrected chi connectivity index (χ4v) is 5.97. The molecule has 11 nitrogen and oxygen atoms in total. The number of amides is 3. The predicted molar refractivity (Wildman–Crippen MR) is 134 cm³/mol. The number of piperidine rings is 2. The number of hydrazine groups is 1. The lowest BCUT2D eigenvalue weighted by Crippen LogP contribution is -2.51. The van der Waals surface area contributed by atoms with Crippen LogP contribution in [0.5, 0.6) is 0 Å². The Morgan fingerprint density at radius 2 is 1.80 bits per heavy atom. The quantitative estimate of drug-likeness (QED) is 0.422. The third-order valence-corrected chi connectivity index (χ3v) is 8.16. The van der Waals surface area contributed by atoms with Crippen molar-refractivity contribution in [3.8, 4) is 6.07 Å². The molecule has 0 unspecified atom stereocenters. The van der Waals surface area contributed by atoms with Gasteiger partial charge in [-0.3, -0.25) is 20.4 Å². The number of pyridine rings is 1. The molecule has 5 rings (SSSR count). The van der Waals surface area contributed by atoms with Crippen LogP contribution in [0.4, 0.5) is 28.0 Å². The monoisotopic (exact) mass is 579 g/mol. The number of hydrogen-bond acceptors (Lipinski definition) is 7. The van der Waals surface area contributed by atoms with Crippen LogP contribution in [0.2, 0.25) is 0 Å². The molecule has 0 bridgehead atoms. The van der Waals surface area contributed by atoms with Crippen LogP contribution in [0, 0.1) is 33.9 Å². The molecule has 4 heterocycles. The van der Waals surface area contributed by atoms with E-state index in [-0.39, 0.29) is 49.4 Å². The van der Waals surface area contributed by atoms with Crippen LogP contribution < -0.4 is 15.8 Å². The summed E-state index contributed by atoms with van der Waals surface area (Å²) < 4.78 is 64.0. The van der Waals surface area contributed by atoms with E-state index < -0.39 is 65.2 Å². The van der Waals surface area contributed by atoms with Gasteiger partial charge in [-0.1, -0.05) is 0 Å². The first kappa shape index (κ1) is 28.4. The van der Waals surface area contributed by atoms with E-state index in [0.717, 1.165) is 10.7 Å². The zero-order chi connectivity index (χ0) is 30.0. The molecule has 2 N–H and O–H groups in total. The minimum Gasteiger partial charge on any atom is -0.444 e. The molecule has 0 spiro atoms. The number of nitrogens with zero attached hydrogens (tertiary/aromatic N) is 5. The molecule has 0 radical (unpaired) electrons. The second-order valence-electron chi connectivity index (χ2n) is 11.8. The third-order valence-electron chi connectivity index (χ3n) is 8.16. The SMILES string of the molecule is CC(C)(C)OC(=O)N1CCC(C(=O)NNC(=O)[C@]23CN(c4ccc(C#N)n5ncc(F)c45)C[C@@]2(C(F)(F)F)C3)CC1. The maximum absolute atomic E-state index is 14.6. The molecule has 1 aliphatic carbocycles. The van der Waals surface area contributed by atoms with Gasteiger partial charge in [-0.05, 0) is 52.2 Å². The van der Waals surface area contributed by atoms with E-state index in [1.807, 2.05) is 6.07 Å². The Morgan fingerprint density at radius 3 is 2.41 bits per heavy atom. The molecular formula is C26H29F4N7O4. The Hall–Kier alpha value is -4.09. The number of rotatable bonds is 3. The highest BCUT2D eigenvalue weighted by atomic mass is 19.4. The van der Waals surface area contributed by atoms with Crippen LogP contribution in [0.15, 0.2) is 18.3 Å². The van der Waals surface area contributed by atoms with Gasteiger partial charge in [0.25, 0.3) is 0 Å². The fourth-order valence-electron chi connectivity index (χ4n) is 5.97. The lowest BCUT2D eigenvalue weighted by molar-refractivity contribution is -0.191. The highest BCUT2D eigenvalue weighted by Gasteiger charge is 2.86. The van der Waals surface area contributed by atoms with Gasteiger partial charge >= 0.3 is 12.3 Å². The minimum atomic E-state index is -4.75. The number of fused-ring (bicyclic) bond motifs is 2. The third kappa shape index (κ3) is 4.68. The van der Waals surface area contributed by atoms with Gasteiger partial charge in [0.2, 0.25) is 11.8 Å². The van der Waals surface area contributed by atoms with Crippen LogP contribution in [0.25, 0.3) is 5.52 Å². The number of aromatic nitrogens is 2. The summed E-state index contributed by atoms with van der Waals surface area (Å²) in [7, 11) is 0. The maximum Gasteiger partial charge on any atom is 0.410 e.